The van der Waals surface area contributed by atoms with E-state index in [1.807, 2.05) is 30.3 Å². The zero-order valence-electron chi connectivity index (χ0n) is 18.5. The molecule has 0 bridgehead atoms. The van der Waals surface area contributed by atoms with Gasteiger partial charge in [0.1, 0.15) is 11.1 Å². The molecule has 1 aliphatic rings. The van der Waals surface area contributed by atoms with E-state index in [1.54, 1.807) is 0 Å². The number of hydrogen-bond donors (Lipinski definition) is 3. The molecule has 0 spiro atoms. The van der Waals surface area contributed by atoms with Crippen LogP contribution in [-0.4, -0.2) is 26.9 Å². The Hall–Kier alpha value is -3.90. The number of hydrogen-bond acceptors (Lipinski definition) is 6. The smallest absolute Gasteiger partial charge is 0.416 e. The van der Waals surface area contributed by atoms with Crippen molar-refractivity contribution in [3.05, 3.63) is 95.1 Å². The van der Waals surface area contributed by atoms with Crippen LogP contribution in [0.4, 0.5) is 18.9 Å². The van der Waals surface area contributed by atoms with Crippen molar-refractivity contribution in [3.8, 4) is 0 Å². The summed E-state index contributed by atoms with van der Waals surface area (Å²) in [4.78, 5) is 23.9. The van der Waals surface area contributed by atoms with Crippen molar-refractivity contribution in [2.45, 2.75) is 23.8 Å². The molecule has 4 rings (SSSR count). The van der Waals surface area contributed by atoms with Gasteiger partial charge in [-0.25, -0.2) is 13.2 Å². The second kappa shape index (κ2) is 9.99. The molecule has 0 aromatic heterocycles. The molecule has 1 unspecified atom stereocenters. The zero-order chi connectivity index (χ0) is 25.9. The maximum atomic E-state index is 13.1. The lowest BCUT2D eigenvalue weighted by Crippen LogP contribution is -2.38. The third kappa shape index (κ3) is 5.83. The molecule has 3 aromatic rings. The van der Waals surface area contributed by atoms with Crippen molar-refractivity contribution in [3.63, 3.8) is 0 Å². The Morgan fingerprint density at radius 1 is 0.972 bits per heavy atom. The zero-order valence-corrected chi connectivity index (χ0v) is 19.3. The summed E-state index contributed by atoms with van der Waals surface area (Å²) in [5.74, 6) is -1.25. The van der Waals surface area contributed by atoms with Crippen molar-refractivity contribution in [1.29, 1.82) is 0 Å². The third-order valence-corrected chi connectivity index (χ3v) is 6.80. The number of carbonyl (C=O) groups is 2. The van der Waals surface area contributed by atoms with E-state index in [2.05, 4.69) is 15.4 Å². The Labute approximate surface area is 204 Å². The van der Waals surface area contributed by atoms with Crippen molar-refractivity contribution < 1.29 is 35.9 Å². The average Bonchev–Trinajstić information content (AvgIpc) is 2.85. The quantitative estimate of drug-likeness (QED) is 0.429. The van der Waals surface area contributed by atoms with Crippen LogP contribution in [0.5, 0.6) is 0 Å². The van der Waals surface area contributed by atoms with Gasteiger partial charge in [-0.1, -0.05) is 42.5 Å². The van der Waals surface area contributed by atoms with Crippen molar-refractivity contribution in [2.24, 2.45) is 0 Å². The molecule has 36 heavy (non-hydrogen) atoms. The first-order chi connectivity index (χ1) is 17.0. The minimum absolute atomic E-state index is 0.105. The van der Waals surface area contributed by atoms with Crippen LogP contribution >= 0.6 is 0 Å². The van der Waals surface area contributed by atoms with Gasteiger partial charge in [-0.05, 0) is 41.5 Å². The molecule has 3 N–H and O–H groups in total. The topological polar surface area (TPSA) is 114 Å². The molecule has 12 heteroatoms. The highest BCUT2D eigenvalue weighted by Gasteiger charge is 2.35. The van der Waals surface area contributed by atoms with Gasteiger partial charge in [0.25, 0.3) is 5.91 Å². The van der Waals surface area contributed by atoms with Crippen LogP contribution < -0.4 is 15.4 Å². The summed E-state index contributed by atoms with van der Waals surface area (Å²) in [6.07, 6.45) is -5.71. The van der Waals surface area contributed by atoms with Crippen molar-refractivity contribution >= 4 is 27.6 Å². The van der Waals surface area contributed by atoms with Gasteiger partial charge in [0.2, 0.25) is 10.0 Å². The molecule has 1 heterocycles. The Morgan fingerprint density at radius 3 is 2.33 bits per heavy atom. The number of halogens is 3. The molecule has 188 valence electrons. The number of rotatable bonds is 6. The highest BCUT2D eigenvalue weighted by Crippen LogP contribution is 2.37. The lowest BCUT2D eigenvalue weighted by atomic mass is 10.1. The maximum absolute atomic E-state index is 13.1. The van der Waals surface area contributed by atoms with Crippen LogP contribution in [0.25, 0.3) is 0 Å². The van der Waals surface area contributed by atoms with Crippen LogP contribution in [0.2, 0.25) is 0 Å². The Morgan fingerprint density at radius 2 is 1.67 bits per heavy atom. The van der Waals surface area contributed by atoms with Gasteiger partial charge < -0.3 is 15.4 Å². The minimum Gasteiger partial charge on any atom is -0.452 e. The van der Waals surface area contributed by atoms with Crippen LogP contribution in [0.3, 0.4) is 0 Å². The van der Waals surface area contributed by atoms with Gasteiger partial charge >= 0.3 is 12.1 Å². The molecule has 8 nitrogen and oxygen atoms in total. The van der Waals surface area contributed by atoms with Crippen LogP contribution in [0, 0.1) is 0 Å². The summed E-state index contributed by atoms with van der Waals surface area (Å²) in [6.45, 7) is -0.209. The molecular weight excluding hydrogens is 499 g/mol. The third-order valence-electron chi connectivity index (χ3n) is 5.32. The predicted octanol–water partition coefficient (Wildman–Crippen LogP) is 3.58. The number of alkyl halides is 3. The highest BCUT2D eigenvalue weighted by molar-refractivity contribution is 7.89. The largest absolute Gasteiger partial charge is 0.452 e. The van der Waals surface area contributed by atoms with E-state index in [-0.39, 0.29) is 22.7 Å². The van der Waals surface area contributed by atoms with Gasteiger partial charge in [-0.3, -0.25) is 4.79 Å². The summed E-state index contributed by atoms with van der Waals surface area (Å²) >= 11 is 0. The molecule has 0 saturated carbocycles. The average molecular weight is 520 g/mol. The lowest BCUT2D eigenvalue weighted by Gasteiger charge is -2.29. The van der Waals surface area contributed by atoms with E-state index in [1.165, 1.54) is 24.3 Å². The maximum Gasteiger partial charge on any atom is 0.416 e. The number of benzene rings is 3. The normalized spacial score (nSPS) is 16.4. The first-order valence-electron chi connectivity index (χ1n) is 10.6. The molecule has 1 amide bonds. The molecule has 0 fully saturated rings. The second-order valence-electron chi connectivity index (χ2n) is 7.87. The molecule has 0 saturated heterocycles. The van der Waals surface area contributed by atoms with E-state index in [0.717, 1.165) is 17.7 Å². The molecule has 1 atom stereocenters. The van der Waals surface area contributed by atoms with Gasteiger partial charge in [-0.2, -0.15) is 17.9 Å². The number of fused-ring (bicyclic) bond motifs is 1. The summed E-state index contributed by atoms with van der Waals surface area (Å²) in [7, 11) is -4.09. The number of nitrogens with one attached hydrogen (secondary N) is 3. The van der Waals surface area contributed by atoms with E-state index in [0.29, 0.717) is 11.6 Å². The second-order valence-corrected chi connectivity index (χ2v) is 9.55. The van der Waals surface area contributed by atoms with Crippen molar-refractivity contribution in [1.82, 2.24) is 10.0 Å². The summed E-state index contributed by atoms with van der Waals surface area (Å²) in [5.41, 5.74) is 0.151. The predicted molar refractivity (Wildman–Crippen MR) is 123 cm³/mol. The number of esters is 1. The van der Waals surface area contributed by atoms with Gasteiger partial charge in [-0.15, -0.1) is 0 Å². The lowest BCUT2D eigenvalue weighted by molar-refractivity contribution is -0.137. The first kappa shape index (κ1) is 25.2. The number of anilines is 1. The number of ether oxygens (including phenoxy) is 1. The Kier molecular flexibility index (Phi) is 7.00. The summed E-state index contributed by atoms with van der Waals surface area (Å²) in [5, 5.41) is 5.37. The molecule has 0 aliphatic carbocycles. The van der Waals surface area contributed by atoms with E-state index in [9.17, 15) is 31.2 Å². The fraction of sp³-hybridized carbons (Fsp3) is 0.167. The first-order valence-corrected chi connectivity index (χ1v) is 12.1. The minimum atomic E-state index is -4.64. The summed E-state index contributed by atoms with van der Waals surface area (Å²) in [6, 6.07) is 17.1. The van der Waals surface area contributed by atoms with Crippen LogP contribution in [0.1, 0.15) is 33.2 Å². The van der Waals surface area contributed by atoms with Gasteiger partial charge in [0, 0.05) is 6.54 Å². The Bertz CT molecular complexity index is 1380. The van der Waals surface area contributed by atoms with Gasteiger partial charge in [0.15, 0.2) is 6.61 Å². The molecule has 1 aliphatic heterocycles. The summed E-state index contributed by atoms with van der Waals surface area (Å²) < 4.78 is 71.6. The fourth-order valence-electron chi connectivity index (χ4n) is 3.48. The van der Waals surface area contributed by atoms with Crippen molar-refractivity contribution in [2.75, 3.05) is 11.9 Å². The van der Waals surface area contributed by atoms with E-state index < -0.39 is 46.4 Å². The van der Waals surface area contributed by atoms with Gasteiger partial charge in [0.05, 0.1) is 16.8 Å². The number of amides is 1. The van der Waals surface area contributed by atoms with E-state index >= 15 is 0 Å². The highest BCUT2D eigenvalue weighted by atomic mass is 32.2. The fourth-order valence-corrected chi connectivity index (χ4v) is 4.77. The Balaban J connectivity index is 1.39. The SMILES string of the molecule is O=C(COC(=O)c1ccc(C2Nc3cc(C(F)(F)F)ccc3S(=O)(=O)N2)cc1)NCc1ccccc1. The van der Waals surface area contributed by atoms with Crippen LogP contribution in [0.15, 0.2) is 77.7 Å². The standard InChI is InChI=1S/C24H20F3N3O5S/c25-24(26,27)18-10-11-20-19(12-18)29-22(30-36(20,33)34)16-6-8-17(9-7-16)23(32)35-14-21(31)28-13-15-4-2-1-3-5-15/h1-12,22,29-30H,13-14H2,(H,28,31). The molecular formula is C24H20F3N3O5S. The monoisotopic (exact) mass is 519 g/mol. The van der Waals surface area contributed by atoms with Crippen LogP contribution in [-0.2, 0) is 32.3 Å². The number of sulfonamides is 1. The molecule has 0 radical (unpaired) electrons. The molecule has 3 aromatic carbocycles. The van der Waals surface area contributed by atoms with E-state index in [4.69, 9.17) is 4.74 Å². The number of carbonyl (C=O) groups excluding carboxylic acids is 2.